The summed E-state index contributed by atoms with van der Waals surface area (Å²) in [5.74, 6) is 0.592. The summed E-state index contributed by atoms with van der Waals surface area (Å²) in [5.41, 5.74) is 3.60. The number of rotatable bonds is 14. The van der Waals surface area contributed by atoms with Crippen LogP contribution in [-0.2, 0) is 4.79 Å². The van der Waals surface area contributed by atoms with Gasteiger partial charge in [-0.25, -0.2) is 10.2 Å². The summed E-state index contributed by atoms with van der Waals surface area (Å²) in [5, 5.41) is 6.44. The number of hydrazone groups is 1. The van der Waals surface area contributed by atoms with Crippen molar-refractivity contribution in [1.29, 1.82) is 0 Å². The fraction of sp³-hybridized carbons (Fsp3) is 0.267. The molecule has 41 heavy (non-hydrogen) atoms. The summed E-state index contributed by atoms with van der Waals surface area (Å²) in [6.45, 7) is 4.46. The number of ether oxygens (including phenoxy) is 5. The molecule has 0 saturated heterocycles. The molecule has 3 aromatic rings. The van der Waals surface area contributed by atoms with Gasteiger partial charge in [-0.05, 0) is 79.6 Å². The lowest BCUT2D eigenvalue weighted by Crippen LogP contribution is -2.34. The standard InChI is InChI=1S/C30H33N3O8/c1-5-15-40-23-11-8-21(9-12-23)30(36)41-25-13-7-20(16-27(25)39-6-2)18-32-33-28(34)19-31-29(35)22-10-14-24(37-3)26(17-22)38-4/h7-14,16-18H,5-6,15,19H2,1-4H3,(H,31,35)(H,33,34)/b32-18-. The second kappa shape index (κ2) is 15.5. The fourth-order valence-electron chi connectivity index (χ4n) is 3.48. The van der Waals surface area contributed by atoms with Gasteiger partial charge in [0.05, 0.1) is 45.8 Å². The van der Waals surface area contributed by atoms with Crippen molar-refractivity contribution in [3.63, 3.8) is 0 Å². The van der Waals surface area contributed by atoms with Gasteiger partial charge in [0, 0.05) is 5.56 Å². The monoisotopic (exact) mass is 563 g/mol. The van der Waals surface area contributed by atoms with E-state index in [1.165, 1.54) is 26.5 Å². The van der Waals surface area contributed by atoms with Crippen LogP contribution in [0.4, 0.5) is 0 Å². The highest BCUT2D eigenvalue weighted by molar-refractivity contribution is 5.97. The van der Waals surface area contributed by atoms with Gasteiger partial charge < -0.3 is 29.0 Å². The summed E-state index contributed by atoms with van der Waals surface area (Å²) in [6.07, 6.45) is 2.29. The maximum atomic E-state index is 12.7. The number of hydrogen-bond acceptors (Lipinski definition) is 9. The first-order chi connectivity index (χ1) is 19.9. The molecule has 0 atom stereocenters. The van der Waals surface area contributed by atoms with Gasteiger partial charge in [0.1, 0.15) is 5.75 Å². The Kier molecular flexibility index (Phi) is 11.5. The first-order valence-corrected chi connectivity index (χ1v) is 12.9. The van der Waals surface area contributed by atoms with E-state index in [0.717, 1.165) is 6.42 Å². The minimum absolute atomic E-state index is 0.238. The van der Waals surface area contributed by atoms with E-state index in [1.807, 2.05) is 6.92 Å². The predicted molar refractivity (Wildman–Crippen MR) is 152 cm³/mol. The van der Waals surface area contributed by atoms with Crippen LogP contribution in [-0.4, -0.2) is 58.0 Å². The lowest BCUT2D eigenvalue weighted by Gasteiger charge is -2.12. The zero-order valence-corrected chi connectivity index (χ0v) is 23.4. The Morgan fingerprint density at radius 2 is 1.51 bits per heavy atom. The summed E-state index contributed by atoms with van der Waals surface area (Å²) in [4.78, 5) is 37.2. The first kappa shape index (κ1) is 30.5. The number of esters is 1. The highest BCUT2D eigenvalue weighted by Gasteiger charge is 2.14. The first-order valence-electron chi connectivity index (χ1n) is 12.9. The third kappa shape index (κ3) is 8.99. The topological polar surface area (TPSA) is 134 Å². The van der Waals surface area contributed by atoms with Crippen molar-refractivity contribution >= 4 is 24.0 Å². The van der Waals surface area contributed by atoms with Crippen molar-refractivity contribution in [2.24, 2.45) is 5.10 Å². The Labute approximate surface area is 238 Å². The van der Waals surface area contributed by atoms with Gasteiger partial charge in [0.15, 0.2) is 23.0 Å². The van der Waals surface area contributed by atoms with Crippen LogP contribution in [0.2, 0.25) is 0 Å². The average molecular weight is 564 g/mol. The molecule has 0 heterocycles. The molecule has 0 aliphatic heterocycles. The van der Waals surface area contributed by atoms with Crippen molar-refractivity contribution in [2.45, 2.75) is 20.3 Å². The van der Waals surface area contributed by atoms with E-state index < -0.39 is 17.8 Å². The van der Waals surface area contributed by atoms with E-state index in [4.69, 9.17) is 23.7 Å². The van der Waals surface area contributed by atoms with E-state index in [2.05, 4.69) is 15.8 Å². The van der Waals surface area contributed by atoms with Crippen molar-refractivity contribution < 1.29 is 38.1 Å². The molecular weight excluding hydrogens is 530 g/mol. The summed E-state index contributed by atoms with van der Waals surface area (Å²) in [6, 6.07) is 16.2. The second-order valence-corrected chi connectivity index (χ2v) is 8.45. The van der Waals surface area contributed by atoms with Crippen LogP contribution in [0.1, 0.15) is 46.5 Å². The quantitative estimate of drug-likeness (QED) is 0.130. The molecule has 0 saturated carbocycles. The van der Waals surface area contributed by atoms with Gasteiger partial charge >= 0.3 is 5.97 Å². The molecule has 0 radical (unpaired) electrons. The number of carbonyl (C=O) groups is 3. The molecule has 11 heteroatoms. The maximum Gasteiger partial charge on any atom is 0.343 e. The molecule has 216 valence electrons. The third-order valence-electron chi connectivity index (χ3n) is 5.49. The van der Waals surface area contributed by atoms with Crippen molar-refractivity contribution in [3.05, 3.63) is 77.4 Å². The lowest BCUT2D eigenvalue weighted by atomic mass is 10.2. The summed E-state index contributed by atoms with van der Waals surface area (Å²) in [7, 11) is 2.96. The smallest absolute Gasteiger partial charge is 0.343 e. The van der Waals surface area contributed by atoms with E-state index in [-0.39, 0.29) is 12.3 Å². The maximum absolute atomic E-state index is 12.7. The van der Waals surface area contributed by atoms with Gasteiger partial charge in [0.25, 0.3) is 11.8 Å². The zero-order chi connectivity index (χ0) is 29.6. The van der Waals surface area contributed by atoms with Crippen LogP contribution in [0.25, 0.3) is 0 Å². The number of hydrogen-bond donors (Lipinski definition) is 2. The molecule has 0 aliphatic rings. The van der Waals surface area contributed by atoms with Gasteiger partial charge in [-0.2, -0.15) is 5.10 Å². The Morgan fingerprint density at radius 3 is 2.20 bits per heavy atom. The zero-order valence-electron chi connectivity index (χ0n) is 23.4. The van der Waals surface area contributed by atoms with E-state index in [9.17, 15) is 14.4 Å². The normalized spacial score (nSPS) is 10.5. The highest BCUT2D eigenvalue weighted by Crippen LogP contribution is 2.29. The lowest BCUT2D eigenvalue weighted by molar-refractivity contribution is -0.120. The Balaban J connectivity index is 1.55. The number of carbonyl (C=O) groups excluding carboxylic acids is 3. The molecule has 3 aromatic carbocycles. The average Bonchev–Trinajstić information content (AvgIpc) is 2.99. The molecule has 11 nitrogen and oxygen atoms in total. The Morgan fingerprint density at radius 1 is 0.805 bits per heavy atom. The van der Waals surface area contributed by atoms with Crippen LogP contribution in [0.3, 0.4) is 0 Å². The Bertz CT molecular complexity index is 1370. The molecule has 0 fully saturated rings. The largest absolute Gasteiger partial charge is 0.494 e. The third-order valence-corrected chi connectivity index (χ3v) is 5.49. The van der Waals surface area contributed by atoms with Gasteiger partial charge in [-0.1, -0.05) is 6.92 Å². The minimum atomic E-state index is -0.545. The molecule has 0 bridgehead atoms. The molecular formula is C30H33N3O8. The fourth-order valence-corrected chi connectivity index (χ4v) is 3.48. The molecule has 0 spiro atoms. The number of benzene rings is 3. The number of amides is 2. The van der Waals surface area contributed by atoms with Crippen LogP contribution in [0, 0.1) is 0 Å². The van der Waals surface area contributed by atoms with Gasteiger partial charge in [-0.3, -0.25) is 9.59 Å². The van der Waals surface area contributed by atoms with Crippen LogP contribution in [0.5, 0.6) is 28.7 Å². The highest BCUT2D eigenvalue weighted by atomic mass is 16.6. The molecule has 0 unspecified atom stereocenters. The van der Waals surface area contributed by atoms with E-state index >= 15 is 0 Å². The second-order valence-electron chi connectivity index (χ2n) is 8.45. The van der Waals surface area contributed by atoms with Gasteiger partial charge in [-0.15, -0.1) is 0 Å². The SMILES string of the molecule is CCCOc1ccc(C(=O)Oc2ccc(/C=N\NC(=O)CNC(=O)c3ccc(OC)c(OC)c3)cc2OCC)cc1. The molecule has 0 aromatic heterocycles. The van der Waals surface area contributed by atoms with Crippen LogP contribution in [0.15, 0.2) is 65.8 Å². The number of nitrogens with zero attached hydrogens (tertiary/aromatic N) is 1. The van der Waals surface area contributed by atoms with Crippen molar-refractivity contribution in [2.75, 3.05) is 34.0 Å². The predicted octanol–water partition coefficient (Wildman–Crippen LogP) is 3.99. The van der Waals surface area contributed by atoms with E-state index in [1.54, 1.807) is 61.5 Å². The number of nitrogens with one attached hydrogen (secondary N) is 2. The van der Waals surface area contributed by atoms with Crippen LogP contribution < -0.4 is 34.4 Å². The molecule has 3 rings (SSSR count). The molecule has 2 amide bonds. The Hall–Kier alpha value is -5.06. The number of methoxy groups -OCH3 is 2. The van der Waals surface area contributed by atoms with Crippen LogP contribution >= 0.6 is 0 Å². The molecule has 0 aliphatic carbocycles. The van der Waals surface area contributed by atoms with Crippen molar-refractivity contribution in [1.82, 2.24) is 10.7 Å². The summed E-state index contributed by atoms with van der Waals surface area (Å²) >= 11 is 0. The van der Waals surface area contributed by atoms with Crippen molar-refractivity contribution in [3.8, 4) is 28.7 Å². The molecule has 2 N–H and O–H groups in total. The summed E-state index contributed by atoms with van der Waals surface area (Å²) < 4.78 is 27.1. The van der Waals surface area contributed by atoms with Gasteiger partial charge in [0.2, 0.25) is 0 Å². The minimum Gasteiger partial charge on any atom is -0.494 e. The van der Waals surface area contributed by atoms with E-state index in [0.29, 0.717) is 52.9 Å².